The first-order chi connectivity index (χ1) is 19.9. The summed E-state index contributed by atoms with van der Waals surface area (Å²) in [6, 6.07) is 15.6. The fourth-order valence-corrected chi connectivity index (χ4v) is 4.93. The molecule has 1 saturated heterocycles. The number of likely N-dealkylation sites (tertiary alicyclic amines) is 1. The number of piperidine rings is 1. The highest BCUT2D eigenvalue weighted by Gasteiger charge is 2.21. The molecule has 2 aromatic carbocycles. The molecule has 1 aliphatic rings. The molecule has 0 aliphatic carbocycles. The van der Waals surface area contributed by atoms with Crippen LogP contribution in [0.4, 0.5) is 5.82 Å². The van der Waals surface area contributed by atoms with Crippen LogP contribution in [0.15, 0.2) is 53.3 Å². The first kappa shape index (κ1) is 28.1. The number of nitrogens with one attached hydrogen (secondary N) is 1. The number of nitrogen functional groups attached to an aromatic ring is 1. The van der Waals surface area contributed by atoms with Crippen LogP contribution >= 0.6 is 0 Å². The van der Waals surface area contributed by atoms with Crippen LogP contribution in [0.3, 0.4) is 0 Å². The van der Waals surface area contributed by atoms with Crippen LogP contribution in [-0.2, 0) is 29.0 Å². The molecule has 0 amide bonds. The van der Waals surface area contributed by atoms with Crippen molar-refractivity contribution in [3.05, 3.63) is 75.7 Å². The van der Waals surface area contributed by atoms with E-state index < -0.39 is 5.97 Å². The van der Waals surface area contributed by atoms with Crippen molar-refractivity contribution in [3.8, 4) is 11.8 Å². The van der Waals surface area contributed by atoms with Gasteiger partial charge in [-0.25, -0.2) is 4.79 Å². The van der Waals surface area contributed by atoms with Gasteiger partial charge in [0.1, 0.15) is 24.0 Å². The summed E-state index contributed by atoms with van der Waals surface area (Å²) in [7, 11) is 1.57. The number of H-pyrrole nitrogens is 1. The van der Waals surface area contributed by atoms with E-state index in [4.69, 9.17) is 25.1 Å². The molecule has 0 unspecified atom stereocenters. The third kappa shape index (κ3) is 7.21. The summed E-state index contributed by atoms with van der Waals surface area (Å²) < 4.78 is 18.2. The molecular weight excluding hydrogens is 528 g/mol. The highest BCUT2D eigenvalue weighted by molar-refractivity contribution is 5.82. The molecule has 3 heterocycles. The van der Waals surface area contributed by atoms with Crippen molar-refractivity contribution in [2.75, 3.05) is 39.1 Å². The molecule has 0 saturated carbocycles. The summed E-state index contributed by atoms with van der Waals surface area (Å²) in [6.07, 6.45) is 1.88. The summed E-state index contributed by atoms with van der Waals surface area (Å²) in [4.78, 5) is 37.3. The van der Waals surface area contributed by atoms with Crippen LogP contribution in [0.2, 0.25) is 0 Å². The van der Waals surface area contributed by atoms with Crippen molar-refractivity contribution < 1.29 is 24.1 Å². The topological polar surface area (TPSA) is 158 Å². The third-order valence-corrected chi connectivity index (χ3v) is 7.01. The molecule has 12 nitrogen and oxygen atoms in total. The molecule has 2 aromatic heterocycles. The van der Waals surface area contributed by atoms with Crippen LogP contribution < -0.4 is 20.9 Å². The van der Waals surface area contributed by atoms with Crippen LogP contribution in [0.5, 0.6) is 11.8 Å². The minimum atomic E-state index is -0.854. The van der Waals surface area contributed by atoms with Gasteiger partial charge in [-0.2, -0.15) is 9.97 Å². The van der Waals surface area contributed by atoms with Gasteiger partial charge in [-0.1, -0.05) is 36.4 Å². The number of nitrogens with two attached hydrogens (primary N) is 1. The van der Waals surface area contributed by atoms with Gasteiger partial charge in [0.15, 0.2) is 11.5 Å². The van der Waals surface area contributed by atoms with Crippen LogP contribution in [0.25, 0.3) is 11.2 Å². The zero-order chi connectivity index (χ0) is 28.8. The lowest BCUT2D eigenvalue weighted by molar-refractivity contribution is -0.136. The highest BCUT2D eigenvalue weighted by Crippen LogP contribution is 2.22. The minimum Gasteiger partial charge on any atom is -0.490 e. The summed E-state index contributed by atoms with van der Waals surface area (Å²) in [5.41, 5.74) is 9.35. The Morgan fingerprint density at radius 3 is 2.49 bits per heavy atom. The number of aromatic amines is 1. The van der Waals surface area contributed by atoms with E-state index in [1.165, 1.54) is 10.1 Å². The number of anilines is 1. The Hall–Kier alpha value is -4.42. The Labute approximate surface area is 236 Å². The molecule has 4 aromatic rings. The van der Waals surface area contributed by atoms with Gasteiger partial charge in [-0.15, -0.1) is 0 Å². The lowest BCUT2D eigenvalue weighted by atomic mass is 10.1. The van der Waals surface area contributed by atoms with E-state index in [9.17, 15) is 9.59 Å². The first-order valence-electron chi connectivity index (χ1n) is 13.5. The maximum Gasteiger partial charge on any atom is 0.328 e. The number of aliphatic carboxylic acids is 1. The van der Waals surface area contributed by atoms with Crippen molar-refractivity contribution >= 4 is 23.0 Å². The molecule has 4 N–H and O–H groups in total. The van der Waals surface area contributed by atoms with Gasteiger partial charge in [-0.3, -0.25) is 14.3 Å². The van der Waals surface area contributed by atoms with Crippen molar-refractivity contribution in [2.45, 2.75) is 38.5 Å². The van der Waals surface area contributed by atoms with Gasteiger partial charge in [0.25, 0.3) is 0 Å². The number of imidazole rings is 1. The largest absolute Gasteiger partial charge is 0.490 e. The lowest BCUT2D eigenvalue weighted by Gasteiger charge is -2.32. The number of rotatable bonds is 12. The van der Waals surface area contributed by atoms with E-state index in [0.29, 0.717) is 24.3 Å². The maximum absolute atomic E-state index is 12.7. The van der Waals surface area contributed by atoms with Crippen molar-refractivity contribution in [1.82, 2.24) is 24.4 Å². The Bertz CT molecular complexity index is 1540. The normalized spacial score (nSPS) is 14.4. The maximum atomic E-state index is 12.7. The number of hydrogen-bond acceptors (Lipinski definition) is 9. The second-order valence-electron chi connectivity index (χ2n) is 10.1. The Balaban J connectivity index is 1.16. The average molecular weight is 563 g/mol. The number of hydrogen-bond donors (Lipinski definition) is 3. The molecule has 0 bridgehead atoms. The standard InChI is InChI=1S/C29H34N6O6/c1-39-13-14-40-28-32-26(30)25-27(33-28)35(29(38)31-25)18-20-7-5-19(6-8-20)17-34-11-9-22(10-12-34)41-23-4-2-3-21(15-23)16-24(36)37/h2-8,15,22H,9-14,16-18H2,1H3,(H,31,38)(H,36,37)(H2,30,32,33). The Morgan fingerprint density at radius 2 is 1.78 bits per heavy atom. The third-order valence-electron chi connectivity index (χ3n) is 7.01. The van der Waals surface area contributed by atoms with Crippen LogP contribution in [0.1, 0.15) is 29.5 Å². The van der Waals surface area contributed by atoms with Crippen molar-refractivity contribution in [3.63, 3.8) is 0 Å². The van der Waals surface area contributed by atoms with Gasteiger partial charge in [0, 0.05) is 26.7 Å². The number of carboxylic acid groups (broad SMARTS) is 1. The van der Waals surface area contributed by atoms with Crippen LogP contribution in [0, 0.1) is 0 Å². The molecule has 12 heteroatoms. The monoisotopic (exact) mass is 562 g/mol. The number of ether oxygens (including phenoxy) is 3. The highest BCUT2D eigenvalue weighted by atomic mass is 16.5. The van der Waals surface area contributed by atoms with E-state index in [0.717, 1.165) is 49.4 Å². The Kier molecular flexibility index (Phi) is 8.80. The summed E-state index contributed by atoms with van der Waals surface area (Å²) in [5, 5.41) is 9.02. The number of aromatic nitrogens is 4. The molecule has 0 radical (unpaired) electrons. The molecular formula is C29H34N6O6. The number of carboxylic acids is 1. The number of carbonyl (C=O) groups is 1. The van der Waals surface area contributed by atoms with E-state index >= 15 is 0 Å². The van der Waals surface area contributed by atoms with E-state index in [2.05, 4.69) is 32.0 Å². The van der Waals surface area contributed by atoms with E-state index in [1.54, 1.807) is 13.2 Å². The van der Waals surface area contributed by atoms with Gasteiger partial charge in [-0.05, 0) is 41.7 Å². The number of benzene rings is 2. The minimum absolute atomic E-state index is 0.0127. The zero-order valence-electron chi connectivity index (χ0n) is 22.9. The lowest BCUT2D eigenvalue weighted by Crippen LogP contribution is -2.37. The molecule has 1 aliphatic heterocycles. The number of fused-ring (bicyclic) bond motifs is 1. The van der Waals surface area contributed by atoms with E-state index in [-0.39, 0.29) is 36.6 Å². The average Bonchev–Trinajstić information content (AvgIpc) is 3.26. The fraction of sp³-hybridized carbons (Fsp3) is 0.379. The Morgan fingerprint density at radius 1 is 1.05 bits per heavy atom. The fourth-order valence-electron chi connectivity index (χ4n) is 4.93. The number of nitrogens with zero attached hydrogens (tertiary/aromatic N) is 4. The molecule has 216 valence electrons. The summed E-state index contributed by atoms with van der Waals surface area (Å²) in [5.74, 6) is 0.0128. The van der Waals surface area contributed by atoms with Crippen molar-refractivity contribution in [1.29, 1.82) is 0 Å². The van der Waals surface area contributed by atoms with Gasteiger partial charge >= 0.3 is 17.7 Å². The second-order valence-corrected chi connectivity index (χ2v) is 10.1. The predicted octanol–water partition coefficient (Wildman–Crippen LogP) is 2.45. The second kappa shape index (κ2) is 12.8. The smallest absolute Gasteiger partial charge is 0.328 e. The molecule has 0 atom stereocenters. The summed E-state index contributed by atoms with van der Waals surface area (Å²) >= 11 is 0. The molecule has 41 heavy (non-hydrogen) atoms. The van der Waals surface area contributed by atoms with Gasteiger partial charge in [0.05, 0.1) is 19.6 Å². The van der Waals surface area contributed by atoms with E-state index in [1.807, 2.05) is 30.3 Å². The zero-order valence-corrected chi connectivity index (χ0v) is 22.9. The quantitative estimate of drug-likeness (QED) is 0.219. The van der Waals surface area contributed by atoms with Crippen LogP contribution in [-0.4, -0.2) is 75.0 Å². The number of methoxy groups -OCH3 is 1. The summed E-state index contributed by atoms with van der Waals surface area (Å²) in [6.45, 7) is 3.60. The van der Waals surface area contributed by atoms with Gasteiger partial charge in [0.2, 0.25) is 0 Å². The van der Waals surface area contributed by atoms with Crippen molar-refractivity contribution in [2.24, 2.45) is 0 Å². The molecule has 0 spiro atoms. The molecule has 1 fully saturated rings. The predicted molar refractivity (Wildman–Crippen MR) is 152 cm³/mol. The molecule has 5 rings (SSSR count). The SMILES string of the molecule is COCCOc1nc(N)c2[nH]c(=O)n(Cc3ccc(CN4CCC(Oc5cccc(CC(=O)O)c5)CC4)cc3)c2n1. The van der Waals surface area contributed by atoms with Gasteiger partial charge < -0.3 is 30.0 Å². The first-order valence-corrected chi connectivity index (χ1v) is 13.5.